The van der Waals surface area contributed by atoms with E-state index in [1.165, 1.54) is 11.4 Å². The third kappa shape index (κ3) is 4.05. The summed E-state index contributed by atoms with van der Waals surface area (Å²) in [4.78, 5) is 12.7. The number of carbonyl (C=O) groups is 1. The molecule has 1 aromatic rings. The molecule has 1 rings (SSSR count). The van der Waals surface area contributed by atoms with E-state index in [0.717, 1.165) is 17.9 Å². The predicted octanol–water partition coefficient (Wildman–Crippen LogP) is 0.676. The van der Waals surface area contributed by atoms with E-state index >= 15 is 0 Å². The van der Waals surface area contributed by atoms with Gasteiger partial charge < -0.3 is 10.0 Å². The zero-order chi connectivity index (χ0) is 13.8. The molecule has 0 spiro atoms. The van der Waals surface area contributed by atoms with Crippen LogP contribution in [0.2, 0.25) is 0 Å². The van der Waals surface area contributed by atoms with Gasteiger partial charge in [-0.1, -0.05) is 6.92 Å². The Hall–Kier alpha value is -0.960. The van der Waals surface area contributed by atoms with Crippen molar-refractivity contribution in [2.45, 2.75) is 11.8 Å². The second kappa shape index (κ2) is 6.28. The fourth-order valence-electron chi connectivity index (χ4n) is 1.18. The Balaban J connectivity index is 2.65. The average molecular weight is 292 g/mol. The van der Waals surface area contributed by atoms with Gasteiger partial charge in [-0.15, -0.1) is 11.3 Å². The van der Waals surface area contributed by atoms with Crippen LogP contribution in [0.15, 0.2) is 16.3 Å². The van der Waals surface area contributed by atoms with E-state index in [1.807, 2.05) is 18.9 Å². The van der Waals surface area contributed by atoms with Gasteiger partial charge in [-0.3, -0.25) is 0 Å². The fourth-order valence-corrected chi connectivity index (χ4v) is 3.32. The van der Waals surface area contributed by atoms with Crippen LogP contribution in [-0.2, 0) is 10.0 Å². The normalized spacial score (nSPS) is 11.9. The zero-order valence-electron chi connectivity index (χ0n) is 10.2. The lowest BCUT2D eigenvalue weighted by Gasteiger charge is -2.13. The molecule has 1 aromatic heterocycles. The Labute approximate surface area is 110 Å². The van der Waals surface area contributed by atoms with E-state index in [4.69, 9.17) is 5.11 Å². The molecule has 0 atom stereocenters. The maximum atomic E-state index is 11.8. The van der Waals surface area contributed by atoms with Crippen LogP contribution in [0.3, 0.4) is 0 Å². The first-order valence-corrected chi connectivity index (χ1v) is 7.73. The highest BCUT2D eigenvalue weighted by Crippen LogP contribution is 2.18. The van der Waals surface area contributed by atoms with Gasteiger partial charge >= 0.3 is 5.97 Å². The van der Waals surface area contributed by atoms with Crippen molar-refractivity contribution in [2.24, 2.45) is 0 Å². The number of sulfonamides is 1. The molecule has 18 heavy (non-hydrogen) atoms. The first kappa shape index (κ1) is 15.1. The number of aromatic carboxylic acids is 1. The Kier molecular flexibility index (Phi) is 5.27. The molecule has 1 heterocycles. The molecule has 2 N–H and O–H groups in total. The van der Waals surface area contributed by atoms with Crippen molar-refractivity contribution in [3.05, 3.63) is 16.3 Å². The minimum absolute atomic E-state index is 0.00375. The predicted molar refractivity (Wildman–Crippen MR) is 69.6 cm³/mol. The minimum Gasteiger partial charge on any atom is -0.477 e. The largest absolute Gasteiger partial charge is 0.477 e. The molecule has 8 heteroatoms. The van der Waals surface area contributed by atoms with Crippen molar-refractivity contribution >= 4 is 27.3 Å². The molecule has 0 aliphatic heterocycles. The summed E-state index contributed by atoms with van der Waals surface area (Å²) in [6, 6.07) is 1.17. The number of carboxylic acids is 1. The van der Waals surface area contributed by atoms with Gasteiger partial charge in [0.05, 0.1) is 4.90 Å². The summed E-state index contributed by atoms with van der Waals surface area (Å²) in [7, 11) is -1.72. The summed E-state index contributed by atoms with van der Waals surface area (Å²) in [6.45, 7) is 3.71. The minimum atomic E-state index is -3.61. The van der Waals surface area contributed by atoms with E-state index in [9.17, 15) is 13.2 Å². The maximum Gasteiger partial charge on any atom is 0.345 e. The molecule has 6 nitrogen and oxygen atoms in total. The van der Waals surface area contributed by atoms with Crippen molar-refractivity contribution in [3.8, 4) is 0 Å². The van der Waals surface area contributed by atoms with E-state index < -0.39 is 16.0 Å². The van der Waals surface area contributed by atoms with E-state index in [2.05, 4.69) is 4.72 Å². The zero-order valence-corrected chi connectivity index (χ0v) is 11.8. The van der Waals surface area contributed by atoms with Gasteiger partial charge in [-0.05, 0) is 19.7 Å². The lowest BCUT2D eigenvalue weighted by molar-refractivity contribution is 0.0702. The number of rotatable bonds is 7. The van der Waals surface area contributed by atoms with Gasteiger partial charge in [0.15, 0.2) is 0 Å². The summed E-state index contributed by atoms with van der Waals surface area (Å²) >= 11 is 0.900. The molecule has 0 unspecified atom stereocenters. The summed E-state index contributed by atoms with van der Waals surface area (Å²) in [5, 5.41) is 10.1. The SMILES string of the molecule is CCN(C)CCNS(=O)(=O)c1csc(C(=O)O)c1. The Morgan fingerprint density at radius 1 is 1.56 bits per heavy atom. The molecule has 0 aliphatic carbocycles. The third-order valence-electron chi connectivity index (χ3n) is 2.42. The second-order valence-electron chi connectivity index (χ2n) is 3.75. The van der Waals surface area contributed by atoms with Crippen LogP contribution >= 0.6 is 11.3 Å². The first-order valence-electron chi connectivity index (χ1n) is 5.37. The number of carboxylic acid groups (broad SMARTS) is 1. The van der Waals surface area contributed by atoms with Crippen LogP contribution in [0, 0.1) is 0 Å². The summed E-state index contributed by atoms with van der Waals surface area (Å²) in [5.41, 5.74) is 0. The highest BCUT2D eigenvalue weighted by molar-refractivity contribution is 7.89. The maximum absolute atomic E-state index is 11.8. The topological polar surface area (TPSA) is 86.7 Å². The van der Waals surface area contributed by atoms with Gasteiger partial charge in [0.1, 0.15) is 4.88 Å². The molecular formula is C10H16N2O4S2. The van der Waals surface area contributed by atoms with Crippen molar-refractivity contribution < 1.29 is 18.3 Å². The molecule has 0 amide bonds. The Bertz CT molecular complexity index is 510. The van der Waals surface area contributed by atoms with E-state index in [0.29, 0.717) is 13.1 Å². The number of likely N-dealkylation sites (N-methyl/N-ethyl adjacent to an activating group) is 1. The molecule has 0 fully saturated rings. The Morgan fingerprint density at radius 3 is 2.72 bits per heavy atom. The number of hydrogen-bond acceptors (Lipinski definition) is 5. The van der Waals surface area contributed by atoms with E-state index in [-0.39, 0.29) is 9.77 Å². The molecule has 0 aromatic carbocycles. The van der Waals surface area contributed by atoms with Gasteiger partial charge in [0, 0.05) is 18.5 Å². The molecule has 0 bridgehead atoms. The van der Waals surface area contributed by atoms with Gasteiger partial charge in [0.25, 0.3) is 0 Å². The fraction of sp³-hybridized carbons (Fsp3) is 0.500. The summed E-state index contributed by atoms with van der Waals surface area (Å²) < 4.78 is 26.1. The van der Waals surface area contributed by atoms with Crippen molar-refractivity contribution in [3.63, 3.8) is 0 Å². The van der Waals surface area contributed by atoms with Gasteiger partial charge in [-0.25, -0.2) is 17.9 Å². The average Bonchev–Trinajstić information content (AvgIpc) is 2.78. The summed E-state index contributed by atoms with van der Waals surface area (Å²) in [6.07, 6.45) is 0. The highest BCUT2D eigenvalue weighted by atomic mass is 32.2. The third-order valence-corrected chi connectivity index (χ3v) is 4.93. The standard InChI is InChI=1S/C10H16N2O4S2/c1-3-12(2)5-4-11-18(15,16)8-6-9(10(13)14)17-7-8/h6-7,11H,3-5H2,1-2H3,(H,13,14). The Morgan fingerprint density at radius 2 is 2.22 bits per heavy atom. The van der Waals surface area contributed by atoms with Crippen LogP contribution in [0.5, 0.6) is 0 Å². The highest BCUT2D eigenvalue weighted by Gasteiger charge is 2.17. The van der Waals surface area contributed by atoms with Crippen LogP contribution in [-0.4, -0.2) is 51.1 Å². The molecular weight excluding hydrogens is 276 g/mol. The lowest BCUT2D eigenvalue weighted by Crippen LogP contribution is -2.32. The van der Waals surface area contributed by atoms with E-state index in [1.54, 1.807) is 0 Å². The van der Waals surface area contributed by atoms with Crippen LogP contribution < -0.4 is 4.72 Å². The molecule has 102 valence electrons. The monoisotopic (exact) mass is 292 g/mol. The first-order chi connectivity index (χ1) is 8.36. The summed E-state index contributed by atoms with van der Waals surface area (Å²) in [5.74, 6) is -1.12. The number of thiophene rings is 1. The molecule has 0 saturated carbocycles. The quantitative estimate of drug-likeness (QED) is 0.771. The smallest absolute Gasteiger partial charge is 0.345 e. The van der Waals surface area contributed by atoms with Crippen molar-refractivity contribution in [1.82, 2.24) is 9.62 Å². The van der Waals surface area contributed by atoms with Crippen LogP contribution in [0.25, 0.3) is 0 Å². The second-order valence-corrected chi connectivity index (χ2v) is 6.42. The van der Waals surface area contributed by atoms with Gasteiger partial charge in [-0.2, -0.15) is 0 Å². The van der Waals surface area contributed by atoms with Crippen molar-refractivity contribution in [1.29, 1.82) is 0 Å². The van der Waals surface area contributed by atoms with Crippen LogP contribution in [0.1, 0.15) is 16.6 Å². The van der Waals surface area contributed by atoms with Crippen LogP contribution in [0.4, 0.5) is 0 Å². The number of nitrogens with one attached hydrogen (secondary N) is 1. The molecule has 0 aliphatic rings. The lowest BCUT2D eigenvalue weighted by atomic mass is 10.5. The molecule has 0 saturated heterocycles. The van der Waals surface area contributed by atoms with Gasteiger partial charge in [0.2, 0.25) is 10.0 Å². The number of nitrogens with zero attached hydrogens (tertiary/aromatic N) is 1. The molecule has 0 radical (unpaired) electrons. The number of hydrogen-bond donors (Lipinski definition) is 2. The van der Waals surface area contributed by atoms with Crippen molar-refractivity contribution in [2.75, 3.05) is 26.7 Å².